The number of hydrogen-bond acceptors (Lipinski definition) is 6. The van der Waals surface area contributed by atoms with E-state index < -0.39 is 0 Å². The summed E-state index contributed by atoms with van der Waals surface area (Å²) in [6.07, 6.45) is 3.49. The van der Waals surface area contributed by atoms with Crippen LogP contribution in [0.2, 0.25) is 0 Å². The topological polar surface area (TPSA) is 59.0 Å². The summed E-state index contributed by atoms with van der Waals surface area (Å²) in [7, 11) is 0. The maximum Gasteiger partial charge on any atom is 0.239 e. The summed E-state index contributed by atoms with van der Waals surface area (Å²) in [6, 6.07) is 10.6. The van der Waals surface area contributed by atoms with Crippen LogP contribution in [-0.2, 0) is 17.6 Å². The van der Waals surface area contributed by atoms with Crippen LogP contribution in [-0.4, -0.2) is 33.2 Å². The molecule has 0 radical (unpaired) electrons. The summed E-state index contributed by atoms with van der Waals surface area (Å²) in [4.78, 5) is 28.9. The molecule has 1 amide bonds. The average molecular weight is 449 g/mol. The van der Waals surface area contributed by atoms with Gasteiger partial charge < -0.3 is 0 Å². The van der Waals surface area contributed by atoms with Gasteiger partial charge >= 0.3 is 0 Å². The van der Waals surface area contributed by atoms with Crippen LogP contribution in [0.15, 0.2) is 35.5 Å². The second kappa shape index (κ2) is 8.20. The molecule has 0 unspecified atom stereocenters. The predicted octanol–water partition coefficient (Wildman–Crippen LogP) is 5.49. The molecule has 5 rings (SSSR count). The second-order valence-electron chi connectivity index (χ2n) is 7.98. The van der Waals surface area contributed by atoms with Crippen LogP contribution in [0.4, 0.5) is 5.13 Å². The first-order valence-corrected chi connectivity index (χ1v) is 12.4. The fourth-order valence-electron chi connectivity index (χ4n) is 4.15. The number of hydrogen-bond donors (Lipinski definition) is 0. The third-order valence-corrected chi connectivity index (χ3v) is 7.66. The molecule has 1 aliphatic rings. The van der Waals surface area contributed by atoms with E-state index in [0.29, 0.717) is 17.5 Å². The van der Waals surface area contributed by atoms with E-state index in [1.165, 1.54) is 34.9 Å². The molecule has 2 aromatic heterocycles. The average Bonchev–Trinajstić information content (AvgIpc) is 3.37. The van der Waals surface area contributed by atoms with Crippen molar-refractivity contribution in [2.45, 2.75) is 45.2 Å². The quantitative estimate of drug-likeness (QED) is 0.298. The van der Waals surface area contributed by atoms with Crippen molar-refractivity contribution in [2.24, 2.45) is 0 Å². The maximum atomic E-state index is 13.0. The molecule has 5 nitrogen and oxygen atoms in total. The highest BCUT2D eigenvalue weighted by atomic mass is 32.2. The fraction of sp³-hybridized carbons (Fsp3) is 0.333. The summed E-state index contributed by atoms with van der Waals surface area (Å²) >= 11 is 2.97. The van der Waals surface area contributed by atoms with E-state index in [1.807, 2.05) is 19.9 Å². The zero-order valence-corrected chi connectivity index (χ0v) is 19.6. The molecule has 2 heterocycles. The van der Waals surface area contributed by atoms with Gasteiger partial charge in [0.05, 0.1) is 21.5 Å². The number of benzene rings is 2. The standard InChI is InChI=1S/C24H24N4OS2/c1-4-28(24-27-19-9-8-14(2)10-21(19)31-24)22(29)13-30-23-25-15(3)18-11-16-6-5-7-17(16)12-20(18)26-23/h8-12H,4-7,13H2,1-3H3. The SMILES string of the molecule is CCN(C(=O)CSc1nc(C)c2cc3c(cc2n1)CCC3)c1nc2ccc(C)cc2s1. The van der Waals surface area contributed by atoms with Crippen molar-refractivity contribution in [3.8, 4) is 0 Å². The third kappa shape index (κ3) is 3.92. The molecule has 1 aliphatic carbocycles. The van der Waals surface area contributed by atoms with Gasteiger partial charge in [-0.2, -0.15) is 0 Å². The van der Waals surface area contributed by atoms with Crippen molar-refractivity contribution >= 4 is 55.3 Å². The van der Waals surface area contributed by atoms with Crippen molar-refractivity contribution in [1.82, 2.24) is 15.0 Å². The molecule has 2 aromatic carbocycles. The summed E-state index contributed by atoms with van der Waals surface area (Å²) in [5.41, 5.74) is 6.92. The van der Waals surface area contributed by atoms with Gasteiger partial charge in [0, 0.05) is 17.6 Å². The van der Waals surface area contributed by atoms with Gasteiger partial charge in [0.25, 0.3) is 0 Å². The van der Waals surface area contributed by atoms with E-state index in [9.17, 15) is 4.79 Å². The van der Waals surface area contributed by atoms with Crippen molar-refractivity contribution in [1.29, 1.82) is 0 Å². The Morgan fingerprint density at radius 1 is 1.06 bits per heavy atom. The monoisotopic (exact) mass is 448 g/mol. The second-order valence-corrected chi connectivity index (χ2v) is 9.93. The lowest BCUT2D eigenvalue weighted by Crippen LogP contribution is -2.32. The number of thiazole rings is 1. The number of carbonyl (C=O) groups excluding carboxylic acids is 1. The molecule has 0 saturated carbocycles. The molecular formula is C24H24N4OS2. The zero-order chi connectivity index (χ0) is 21.5. The normalized spacial score (nSPS) is 13.1. The number of aryl methyl sites for hydroxylation is 4. The Kier molecular flexibility index (Phi) is 5.40. The van der Waals surface area contributed by atoms with E-state index in [2.05, 4.69) is 41.2 Å². The Morgan fingerprint density at radius 2 is 1.87 bits per heavy atom. The van der Waals surface area contributed by atoms with E-state index in [1.54, 1.807) is 16.2 Å². The van der Waals surface area contributed by atoms with Gasteiger partial charge in [-0.1, -0.05) is 29.2 Å². The molecule has 31 heavy (non-hydrogen) atoms. The number of carbonyl (C=O) groups is 1. The van der Waals surface area contributed by atoms with Gasteiger partial charge in [-0.3, -0.25) is 9.69 Å². The number of aromatic nitrogens is 3. The summed E-state index contributed by atoms with van der Waals surface area (Å²) in [6.45, 7) is 6.66. The minimum atomic E-state index is 0.0265. The Bertz CT molecular complexity index is 1310. The van der Waals surface area contributed by atoms with Crippen LogP contribution in [0.25, 0.3) is 21.1 Å². The van der Waals surface area contributed by atoms with Crippen LogP contribution in [0, 0.1) is 13.8 Å². The minimum absolute atomic E-state index is 0.0265. The highest BCUT2D eigenvalue weighted by molar-refractivity contribution is 7.99. The molecule has 0 fully saturated rings. The van der Waals surface area contributed by atoms with E-state index in [4.69, 9.17) is 4.98 Å². The highest BCUT2D eigenvalue weighted by Gasteiger charge is 2.20. The van der Waals surface area contributed by atoms with Crippen LogP contribution in [0.3, 0.4) is 0 Å². The molecule has 0 bridgehead atoms. The summed E-state index contributed by atoms with van der Waals surface area (Å²) < 4.78 is 1.11. The molecule has 0 spiro atoms. The van der Waals surface area contributed by atoms with E-state index >= 15 is 0 Å². The van der Waals surface area contributed by atoms with E-state index in [0.717, 1.165) is 44.8 Å². The lowest BCUT2D eigenvalue weighted by atomic mass is 10.1. The number of nitrogens with zero attached hydrogens (tertiary/aromatic N) is 4. The van der Waals surface area contributed by atoms with Gasteiger partial charge in [-0.05, 0) is 81.0 Å². The van der Waals surface area contributed by atoms with Crippen LogP contribution in [0.1, 0.15) is 35.7 Å². The van der Waals surface area contributed by atoms with Crippen LogP contribution in [0.5, 0.6) is 0 Å². The zero-order valence-electron chi connectivity index (χ0n) is 17.9. The van der Waals surface area contributed by atoms with Gasteiger partial charge in [0.1, 0.15) is 0 Å². The molecule has 0 N–H and O–H groups in total. The summed E-state index contributed by atoms with van der Waals surface area (Å²) in [5, 5.41) is 2.53. The van der Waals surface area contributed by atoms with Crippen LogP contribution >= 0.6 is 23.1 Å². The Morgan fingerprint density at radius 3 is 2.68 bits per heavy atom. The summed E-state index contributed by atoms with van der Waals surface area (Å²) in [5.74, 6) is 0.317. The molecule has 4 aromatic rings. The lowest BCUT2D eigenvalue weighted by Gasteiger charge is -2.17. The number of anilines is 1. The first kappa shape index (κ1) is 20.4. The number of amides is 1. The smallest absolute Gasteiger partial charge is 0.239 e. The Balaban J connectivity index is 1.36. The molecule has 158 valence electrons. The molecule has 0 saturated heterocycles. The largest absolute Gasteiger partial charge is 0.288 e. The van der Waals surface area contributed by atoms with E-state index in [-0.39, 0.29) is 5.91 Å². The van der Waals surface area contributed by atoms with Crippen molar-refractivity contribution in [3.05, 3.63) is 52.7 Å². The van der Waals surface area contributed by atoms with Gasteiger partial charge in [-0.25, -0.2) is 15.0 Å². The lowest BCUT2D eigenvalue weighted by molar-refractivity contribution is -0.116. The van der Waals surface area contributed by atoms with Gasteiger partial charge in [-0.15, -0.1) is 0 Å². The van der Waals surface area contributed by atoms with Crippen molar-refractivity contribution in [3.63, 3.8) is 0 Å². The molecule has 0 atom stereocenters. The van der Waals surface area contributed by atoms with Crippen molar-refractivity contribution < 1.29 is 4.79 Å². The minimum Gasteiger partial charge on any atom is -0.288 e. The first-order valence-electron chi connectivity index (χ1n) is 10.6. The van der Waals surface area contributed by atoms with Gasteiger partial charge in [0.2, 0.25) is 5.91 Å². The van der Waals surface area contributed by atoms with Crippen molar-refractivity contribution in [2.75, 3.05) is 17.2 Å². The van der Waals surface area contributed by atoms with Gasteiger partial charge in [0.15, 0.2) is 10.3 Å². The number of rotatable bonds is 5. The predicted molar refractivity (Wildman–Crippen MR) is 129 cm³/mol. The number of fused-ring (bicyclic) bond motifs is 3. The Labute approximate surface area is 189 Å². The number of thioether (sulfide) groups is 1. The first-order chi connectivity index (χ1) is 15.0. The molecule has 7 heteroatoms. The fourth-order valence-corrected chi connectivity index (χ4v) is 6.06. The highest BCUT2D eigenvalue weighted by Crippen LogP contribution is 2.31. The Hall–Kier alpha value is -2.51. The maximum absolute atomic E-state index is 13.0. The van der Waals surface area contributed by atoms with Crippen LogP contribution < -0.4 is 4.90 Å². The third-order valence-electron chi connectivity index (χ3n) is 5.78. The molecular weight excluding hydrogens is 424 g/mol. The molecule has 0 aliphatic heterocycles.